The minimum Gasteiger partial charge on any atom is -0.505 e. The number of nitrogens with zero attached hydrogens (tertiary/aromatic N) is 5. The fourth-order valence-electron chi connectivity index (χ4n) is 4.05. The summed E-state index contributed by atoms with van der Waals surface area (Å²) in [6, 6.07) is 9.75. The van der Waals surface area contributed by atoms with Gasteiger partial charge in [0.05, 0.1) is 15.6 Å². The minimum absolute atomic E-state index is 0.195. The molecule has 5 rings (SSSR count). The molecular weight excluding hydrogens is 523 g/mol. The van der Waals surface area contributed by atoms with Crippen LogP contribution >= 0.6 is 15.9 Å². The van der Waals surface area contributed by atoms with E-state index in [0.29, 0.717) is 24.5 Å². The van der Waals surface area contributed by atoms with Crippen molar-refractivity contribution in [3.05, 3.63) is 76.5 Å². The van der Waals surface area contributed by atoms with Gasteiger partial charge in [0.15, 0.2) is 17.2 Å². The molecule has 0 aliphatic carbocycles. The summed E-state index contributed by atoms with van der Waals surface area (Å²) in [6.07, 6.45) is 6.84. The lowest BCUT2D eigenvalue weighted by molar-refractivity contribution is 0.331. The zero-order valence-corrected chi connectivity index (χ0v) is 20.5. The first-order chi connectivity index (χ1) is 16.5. The van der Waals surface area contributed by atoms with Crippen molar-refractivity contribution in [2.45, 2.75) is 30.2 Å². The molecule has 1 aliphatic rings. The number of aromatic hydroxyl groups is 1. The Kier molecular flexibility index (Phi) is 6.57. The summed E-state index contributed by atoms with van der Waals surface area (Å²) < 4.78 is 30.7. The van der Waals surface area contributed by atoms with Crippen LogP contribution in [0.1, 0.15) is 30.0 Å². The van der Waals surface area contributed by atoms with E-state index in [4.69, 9.17) is 4.98 Å². The maximum atomic E-state index is 13.4. The summed E-state index contributed by atoms with van der Waals surface area (Å²) in [4.78, 5) is 9.41. The predicted molar refractivity (Wildman–Crippen MR) is 130 cm³/mol. The molecule has 0 radical (unpaired) electrons. The van der Waals surface area contributed by atoms with E-state index in [1.54, 1.807) is 16.9 Å². The van der Waals surface area contributed by atoms with Gasteiger partial charge in [0.25, 0.3) is 0 Å². The van der Waals surface area contributed by atoms with Crippen molar-refractivity contribution < 1.29 is 13.7 Å². The molecule has 3 aromatic heterocycles. The number of rotatable bonds is 6. The second kappa shape index (κ2) is 9.77. The Morgan fingerprint density at radius 2 is 2.03 bits per heavy atom. The normalized spacial score (nSPS) is 16.1. The van der Waals surface area contributed by atoms with Gasteiger partial charge < -0.3 is 10.4 Å². The second-order valence-corrected chi connectivity index (χ2v) is 10.4. The lowest BCUT2D eigenvalue weighted by atomic mass is 9.94. The number of nitrogens with one attached hydrogen (secondary N) is 1. The molecule has 2 N–H and O–H groups in total. The van der Waals surface area contributed by atoms with Crippen LogP contribution in [0.2, 0.25) is 0 Å². The van der Waals surface area contributed by atoms with E-state index in [1.165, 1.54) is 12.1 Å². The fraction of sp³-hybridized carbons (Fsp3) is 0.261. The van der Waals surface area contributed by atoms with Crippen LogP contribution in [0.4, 0.5) is 10.2 Å². The number of halogens is 2. The summed E-state index contributed by atoms with van der Waals surface area (Å²) in [5, 5.41) is 17.5. The number of pyridine rings is 1. The van der Waals surface area contributed by atoms with Gasteiger partial charge in [-0.3, -0.25) is 4.98 Å². The van der Waals surface area contributed by atoms with Crippen LogP contribution in [0.3, 0.4) is 0 Å². The molecule has 1 aromatic carbocycles. The third kappa shape index (κ3) is 4.68. The van der Waals surface area contributed by atoms with Gasteiger partial charge in [-0.1, -0.05) is 6.07 Å². The first kappa shape index (κ1) is 22.9. The van der Waals surface area contributed by atoms with Crippen LogP contribution in [0.25, 0.3) is 5.65 Å². The van der Waals surface area contributed by atoms with Gasteiger partial charge >= 0.3 is 0 Å². The summed E-state index contributed by atoms with van der Waals surface area (Å²) in [6.45, 7) is 1.80. The van der Waals surface area contributed by atoms with Gasteiger partial charge in [-0.2, -0.15) is 9.61 Å². The zero-order valence-electron chi connectivity index (χ0n) is 18.1. The quantitative estimate of drug-likeness (QED) is 0.376. The standard InChI is InChI=1S/C23H22BrFN6O2S/c24-18-14-28-31-22(27-13-15-2-1-7-26-12-15)11-20(29-23(18)31)16-5-8-30(9-6-16)34(33)17-3-4-19(25)21(32)10-17/h1-4,7,10-12,14,16,27,32H,5-6,8-9,13H2. The van der Waals surface area contributed by atoms with Gasteiger partial charge in [-0.05, 0) is 52.5 Å². The van der Waals surface area contributed by atoms with Gasteiger partial charge in [-0.15, -0.1) is 0 Å². The van der Waals surface area contributed by atoms with Gasteiger partial charge in [0.2, 0.25) is 0 Å². The van der Waals surface area contributed by atoms with Crippen molar-refractivity contribution in [3.8, 4) is 5.75 Å². The van der Waals surface area contributed by atoms with Crippen LogP contribution in [-0.2, 0) is 17.5 Å². The van der Waals surface area contributed by atoms with Gasteiger partial charge in [0.1, 0.15) is 16.8 Å². The average molecular weight is 545 g/mol. The Morgan fingerprint density at radius 3 is 2.76 bits per heavy atom. The Morgan fingerprint density at radius 1 is 1.21 bits per heavy atom. The highest BCUT2D eigenvalue weighted by Crippen LogP contribution is 2.32. The lowest BCUT2D eigenvalue weighted by Gasteiger charge is -2.30. The van der Waals surface area contributed by atoms with E-state index >= 15 is 0 Å². The highest BCUT2D eigenvalue weighted by molar-refractivity contribution is 9.10. The number of phenols is 1. The van der Waals surface area contributed by atoms with E-state index in [-0.39, 0.29) is 5.92 Å². The Hall–Kier alpha value is -2.89. The number of piperidine rings is 1. The molecule has 176 valence electrons. The molecule has 0 saturated carbocycles. The highest BCUT2D eigenvalue weighted by Gasteiger charge is 2.27. The minimum atomic E-state index is -1.46. The Bertz CT molecular complexity index is 1340. The molecule has 1 aliphatic heterocycles. The zero-order chi connectivity index (χ0) is 23.7. The maximum absolute atomic E-state index is 13.4. The van der Waals surface area contributed by atoms with Crippen molar-refractivity contribution >= 4 is 38.4 Å². The van der Waals surface area contributed by atoms with Crippen molar-refractivity contribution in [1.82, 2.24) is 23.9 Å². The summed E-state index contributed by atoms with van der Waals surface area (Å²) in [5.74, 6) is -0.182. The first-order valence-corrected chi connectivity index (χ1v) is 12.7. The third-order valence-corrected chi connectivity index (χ3v) is 7.92. The van der Waals surface area contributed by atoms with E-state index < -0.39 is 22.6 Å². The second-order valence-electron chi connectivity index (χ2n) is 8.07. The molecule has 4 aromatic rings. The number of hydrogen-bond acceptors (Lipinski definition) is 6. The van der Waals surface area contributed by atoms with Crippen molar-refractivity contribution in [1.29, 1.82) is 0 Å². The molecule has 1 fully saturated rings. The predicted octanol–water partition coefficient (Wildman–Crippen LogP) is 4.25. The number of hydrogen-bond donors (Lipinski definition) is 2. The molecule has 4 heterocycles. The molecule has 1 saturated heterocycles. The summed E-state index contributed by atoms with van der Waals surface area (Å²) in [5.41, 5.74) is 2.74. The molecule has 1 atom stereocenters. The Labute approximate surface area is 206 Å². The largest absolute Gasteiger partial charge is 0.505 e. The van der Waals surface area contributed by atoms with Gasteiger partial charge in [-0.25, -0.2) is 17.9 Å². The third-order valence-electron chi connectivity index (χ3n) is 5.87. The van der Waals surface area contributed by atoms with E-state index in [9.17, 15) is 13.7 Å². The summed E-state index contributed by atoms with van der Waals surface area (Å²) >= 11 is 3.54. The number of phenolic OH excluding ortho intramolecular Hbond substituents is 1. The van der Waals surface area contributed by atoms with Crippen LogP contribution < -0.4 is 5.32 Å². The molecular formula is C23H22BrFN6O2S. The van der Waals surface area contributed by atoms with Gasteiger partial charge in [0, 0.05) is 55.8 Å². The van der Waals surface area contributed by atoms with Crippen molar-refractivity contribution in [2.75, 3.05) is 18.4 Å². The molecule has 0 spiro atoms. The average Bonchev–Trinajstić information content (AvgIpc) is 3.25. The van der Waals surface area contributed by atoms with E-state index in [1.807, 2.05) is 28.7 Å². The lowest BCUT2D eigenvalue weighted by Crippen LogP contribution is -2.34. The maximum Gasteiger partial charge on any atom is 0.171 e. The highest BCUT2D eigenvalue weighted by atomic mass is 79.9. The molecule has 0 amide bonds. The number of fused-ring (bicyclic) bond motifs is 1. The summed E-state index contributed by atoms with van der Waals surface area (Å²) in [7, 11) is -1.46. The van der Waals surface area contributed by atoms with Crippen molar-refractivity contribution in [3.63, 3.8) is 0 Å². The topological polar surface area (TPSA) is 95.7 Å². The van der Waals surface area contributed by atoms with Crippen LogP contribution in [-0.4, -0.2) is 46.3 Å². The Balaban J connectivity index is 1.33. The number of aromatic nitrogens is 4. The van der Waals surface area contributed by atoms with E-state index in [2.05, 4.69) is 31.3 Å². The number of benzene rings is 1. The van der Waals surface area contributed by atoms with Crippen molar-refractivity contribution in [2.24, 2.45) is 0 Å². The molecule has 0 bridgehead atoms. The molecule has 8 nitrogen and oxygen atoms in total. The monoisotopic (exact) mass is 544 g/mol. The molecule has 1 unspecified atom stereocenters. The fourth-order valence-corrected chi connectivity index (χ4v) is 5.64. The molecule has 11 heteroatoms. The van der Waals surface area contributed by atoms with Crippen LogP contribution in [0.15, 0.2) is 64.4 Å². The SMILES string of the molecule is O=S(c1ccc(F)c(O)c1)N1CCC(c2cc(NCc3cccnc3)n3ncc(Br)c3n2)CC1. The number of anilines is 1. The first-order valence-electron chi connectivity index (χ1n) is 10.8. The van der Waals surface area contributed by atoms with E-state index in [0.717, 1.165) is 46.1 Å². The van der Waals surface area contributed by atoms with Crippen LogP contribution in [0, 0.1) is 5.82 Å². The van der Waals surface area contributed by atoms with Crippen LogP contribution in [0.5, 0.6) is 5.75 Å². The smallest absolute Gasteiger partial charge is 0.171 e. The molecule has 34 heavy (non-hydrogen) atoms.